The molecule has 1 aromatic carbocycles. The van der Waals surface area contributed by atoms with Gasteiger partial charge in [-0.2, -0.15) is 0 Å². The summed E-state index contributed by atoms with van der Waals surface area (Å²) in [7, 11) is 0. The average molecular weight is 407 g/mol. The molecule has 2 heterocycles. The second kappa shape index (κ2) is 9.81. The van der Waals surface area contributed by atoms with Crippen LogP contribution in [-0.2, 0) is 12.1 Å². The highest BCUT2D eigenvalue weighted by molar-refractivity contribution is 5.85. The third-order valence-corrected chi connectivity index (χ3v) is 5.88. The first kappa shape index (κ1) is 22.8. The van der Waals surface area contributed by atoms with E-state index in [4.69, 9.17) is 0 Å². The van der Waals surface area contributed by atoms with Gasteiger partial charge in [0.2, 0.25) is 0 Å². The van der Waals surface area contributed by atoms with E-state index in [0.29, 0.717) is 5.92 Å². The molecule has 6 nitrogen and oxygen atoms in total. The molecule has 1 saturated heterocycles. The smallest absolute Gasteiger partial charge is 0.169 e. The Hall–Kier alpha value is -1.50. The monoisotopic (exact) mass is 406 g/mol. The zero-order valence-corrected chi connectivity index (χ0v) is 18.7. The zero-order valence-electron chi connectivity index (χ0n) is 17.9. The first-order valence-electron chi connectivity index (χ1n) is 10.2. The van der Waals surface area contributed by atoms with Crippen LogP contribution >= 0.6 is 12.4 Å². The van der Waals surface area contributed by atoms with Gasteiger partial charge in [0, 0.05) is 32.7 Å². The SMILES string of the molecule is CCC(C)(C)n1nnnc1C(C(C)C)N1CCN(Cc2ccccc2)CC1.Cl. The lowest BCUT2D eigenvalue weighted by Crippen LogP contribution is -2.49. The fourth-order valence-corrected chi connectivity index (χ4v) is 3.88. The predicted octanol–water partition coefficient (Wildman–Crippen LogP) is 3.75. The van der Waals surface area contributed by atoms with Gasteiger partial charge in [-0.25, -0.2) is 4.68 Å². The van der Waals surface area contributed by atoms with E-state index >= 15 is 0 Å². The van der Waals surface area contributed by atoms with Gasteiger partial charge in [0.05, 0.1) is 11.6 Å². The summed E-state index contributed by atoms with van der Waals surface area (Å²) in [6, 6.07) is 11.0. The lowest BCUT2D eigenvalue weighted by atomic mass is 9.97. The molecule has 1 aromatic heterocycles. The Labute approximate surface area is 175 Å². The molecule has 0 amide bonds. The van der Waals surface area contributed by atoms with Crippen molar-refractivity contribution in [3.63, 3.8) is 0 Å². The van der Waals surface area contributed by atoms with Crippen LogP contribution in [0, 0.1) is 5.92 Å². The van der Waals surface area contributed by atoms with Crippen LogP contribution < -0.4 is 0 Å². The lowest BCUT2D eigenvalue weighted by Gasteiger charge is -2.41. The van der Waals surface area contributed by atoms with Crippen LogP contribution in [-0.4, -0.2) is 56.2 Å². The molecule has 0 spiro atoms. The number of piperazine rings is 1. The van der Waals surface area contributed by atoms with Crippen molar-refractivity contribution >= 4 is 12.4 Å². The molecule has 1 aliphatic heterocycles. The molecule has 0 aliphatic carbocycles. The maximum absolute atomic E-state index is 4.46. The van der Waals surface area contributed by atoms with Gasteiger partial charge in [-0.1, -0.05) is 51.1 Å². The minimum atomic E-state index is -0.0683. The van der Waals surface area contributed by atoms with Crippen molar-refractivity contribution in [2.45, 2.75) is 59.2 Å². The molecule has 7 heteroatoms. The van der Waals surface area contributed by atoms with E-state index in [9.17, 15) is 0 Å². The Kier molecular flexibility index (Phi) is 7.98. The summed E-state index contributed by atoms with van der Waals surface area (Å²) in [6.07, 6.45) is 1.00. The van der Waals surface area contributed by atoms with Crippen molar-refractivity contribution in [1.29, 1.82) is 0 Å². The summed E-state index contributed by atoms with van der Waals surface area (Å²) in [6.45, 7) is 16.5. The Morgan fingerprint density at radius 1 is 1.04 bits per heavy atom. The van der Waals surface area contributed by atoms with E-state index in [2.05, 4.69) is 90.3 Å². The van der Waals surface area contributed by atoms with E-state index in [0.717, 1.165) is 45.0 Å². The molecule has 0 saturated carbocycles. The van der Waals surface area contributed by atoms with E-state index < -0.39 is 0 Å². The Balaban J connectivity index is 0.00000280. The maximum atomic E-state index is 4.46. The van der Waals surface area contributed by atoms with Crippen LogP contribution in [0.4, 0.5) is 0 Å². The molecule has 156 valence electrons. The number of benzene rings is 1. The number of rotatable bonds is 7. The molecule has 0 radical (unpaired) electrons. The molecule has 0 bridgehead atoms. The highest BCUT2D eigenvalue weighted by atomic mass is 35.5. The highest BCUT2D eigenvalue weighted by Crippen LogP contribution is 2.31. The van der Waals surface area contributed by atoms with Gasteiger partial charge >= 0.3 is 0 Å². The summed E-state index contributed by atoms with van der Waals surface area (Å²) < 4.78 is 2.05. The highest BCUT2D eigenvalue weighted by Gasteiger charge is 2.34. The Morgan fingerprint density at radius 3 is 2.25 bits per heavy atom. The summed E-state index contributed by atoms with van der Waals surface area (Å²) in [4.78, 5) is 5.11. The van der Waals surface area contributed by atoms with Crippen molar-refractivity contribution < 1.29 is 0 Å². The molecule has 1 atom stereocenters. The number of aromatic nitrogens is 4. The summed E-state index contributed by atoms with van der Waals surface area (Å²) in [5.41, 5.74) is 1.32. The molecular weight excluding hydrogens is 372 g/mol. The number of hydrogen-bond donors (Lipinski definition) is 0. The van der Waals surface area contributed by atoms with Crippen molar-refractivity contribution in [2.75, 3.05) is 26.2 Å². The zero-order chi connectivity index (χ0) is 19.4. The molecule has 1 fully saturated rings. The minimum Gasteiger partial charge on any atom is -0.297 e. The third kappa shape index (κ3) is 5.10. The lowest BCUT2D eigenvalue weighted by molar-refractivity contribution is 0.0631. The second-order valence-electron chi connectivity index (χ2n) is 8.60. The second-order valence-corrected chi connectivity index (χ2v) is 8.60. The molecule has 3 rings (SSSR count). The summed E-state index contributed by atoms with van der Waals surface area (Å²) in [5.74, 6) is 1.47. The van der Waals surface area contributed by atoms with Gasteiger partial charge in [-0.3, -0.25) is 9.80 Å². The Morgan fingerprint density at radius 2 is 1.68 bits per heavy atom. The van der Waals surface area contributed by atoms with Crippen molar-refractivity contribution in [2.24, 2.45) is 5.92 Å². The fourth-order valence-electron chi connectivity index (χ4n) is 3.88. The van der Waals surface area contributed by atoms with Crippen LogP contribution in [0.15, 0.2) is 30.3 Å². The van der Waals surface area contributed by atoms with Gasteiger partial charge in [0.15, 0.2) is 5.82 Å². The van der Waals surface area contributed by atoms with E-state index in [1.54, 1.807) is 0 Å². The quantitative estimate of drug-likeness (QED) is 0.700. The number of nitrogens with zero attached hydrogens (tertiary/aromatic N) is 6. The van der Waals surface area contributed by atoms with E-state index in [1.807, 2.05) is 4.68 Å². The average Bonchev–Trinajstić information content (AvgIpc) is 3.14. The predicted molar refractivity (Wildman–Crippen MR) is 116 cm³/mol. The third-order valence-electron chi connectivity index (χ3n) is 5.88. The molecule has 2 aromatic rings. The van der Waals surface area contributed by atoms with Gasteiger partial charge in [-0.05, 0) is 42.2 Å². The van der Waals surface area contributed by atoms with E-state index in [1.165, 1.54) is 5.56 Å². The standard InChI is InChI=1S/C21H34N6.ClH/c1-6-21(4,5)27-20(22-23-24-27)19(17(2)3)26-14-12-25(13-15-26)16-18-10-8-7-9-11-18;/h7-11,17,19H,6,12-16H2,1-5H3;1H. The number of hydrogen-bond acceptors (Lipinski definition) is 5. The number of tetrazole rings is 1. The van der Waals surface area contributed by atoms with Gasteiger partial charge in [-0.15, -0.1) is 17.5 Å². The first-order valence-corrected chi connectivity index (χ1v) is 10.2. The molecular formula is C21H35ClN6. The maximum Gasteiger partial charge on any atom is 0.169 e. The largest absolute Gasteiger partial charge is 0.297 e. The van der Waals surface area contributed by atoms with Crippen molar-refractivity contribution in [3.05, 3.63) is 41.7 Å². The molecule has 1 unspecified atom stereocenters. The molecule has 0 N–H and O–H groups in total. The van der Waals surface area contributed by atoms with Crippen LogP contribution in [0.5, 0.6) is 0 Å². The van der Waals surface area contributed by atoms with Gasteiger partial charge in [0.1, 0.15) is 0 Å². The Bertz CT molecular complexity index is 707. The molecule has 28 heavy (non-hydrogen) atoms. The van der Waals surface area contributed by atoms with Crippen LogP contribution in [0.1, 0.15) is 58.5 Å². The van der Waals surface area contributed by atoms with Crippen molar-refractivity contribution in [1.82, 2.24) is 30.0 Å². The van der Waals surface area contributed by atoms with Gasteiger partial charge in [0.25, 0.3) is 0 Å². The topological polar surface area (TPSA) is 50.1 Å². The summed E-state index contributed by atoms with van der Waals surface area (Å²) >= 11 is 0. The number of halogens is 1. The fraction of sp³-hybridized carbons (Fsp3) is 0.667. The van der Waals surface area contributed by atoms with Crippen LogP contribution in [0.25, 0.3) is 0 Å². The minimum absolute atomic E-state index is 0. The van der Waals surface area contributed by atoms with Crippen molar-refractivity contribution in [3.8, 4) is 0 Å². The van der Waals surface area contributed by atoms with Crippen LogP contribution in [0.3, 0.4) is 0 Å². The van der Waals surface area contributed by atoms with E-state index in [-0.39, 0.29) is 24.0 Å². The normalized spacial score (nSPS) is 17.5. The molecule has 1 aliphatic rings. The summed E-state index contributed by atoms with van der Waals surface area (Å²) in [5, 5.41) is 12.8. The van der Waals surface area contributed by atoms with Crippen LogP contribution in [0.2, 0.25) is 0 Å². The van der Waals surface area contributed by atoms with Gasteiger partial charge < -0.3 is 0 Å². The first-order chi connectivity index (χ1) is 12.9.